The summed E-state index contributed by atoms with van der Waals surface area (Å²) in [4.78, 5) is 0. The summed E-state index contributed by atoms with van der Waals surface area (Å²) >= 11 is 0. The molecule has 3 radical (unpaired) electrons. The summed E-state index contributed by atoms with van der Waals surface area (Å²) in [6.07, 6.45) is 0. The molecule has 0 aromatic heterocycles. The van der Waals surface area contributed by atoms with E-state index < -0.39 is 0 Å². The second kappa shape index (κ2) is 13.6. The number of benzene rings is 2. The molecule has 2 rings (SSSR count). The molecule has 0 aliphatic carbocycles. The minimum absolute atomic E-state index is 0. The van der Waals surface area contributed by atoms with Crippen LogP contribution in [0.25, 0.3) is 11.1 Å². The molecule has 0 aliphatic rings. The topological polar surface area (TPSA) is 0 Å². The van der Waals surface area contributed by atoms with Gasteiger partial charge in [0.1, 0.15) is 0 Å². The van der Waals surface area contributed by atoms with E-state index in [-0.39, 0.29) is 84.2 Å². The van der Waals surface area contributed by atoms with Crippen molar-refractivity contribution < 1.29 is 76.7 Å². The molecule has 0 saturated carbocycles. The Hall–Kier alpha value is 0.622. The van der Waals surface area contributed by atoms with Crippen molar-refractivity contribution in [2.75, 3.05) is 0 Å². The van der Waals surface area contributed by atoms with Crippen LogP contribution in [0.1, 0.15) is 11.1 Å². The first kappa shape index (κ1) is 27.9. The molecule has 0 unspecified atom stereocenters. The van der Waals surface area contributed by atoms with Crippen LogP contribution in [-0.4, -0.2) is 0 Å². The molecule has 99 valence electrons. The monoisotopic (exact) mass is 532 g/mol. The van der Waals surface area contributed by atoms with Crippen LogP contribution in [0.4, 0.5) is 0 Å². The van der Waals surface area contributed by atoms with Crippen LogP contribution >= 0.6 is 0 Å². The Kier molecular flexibility index (Phi) is 20.0. The predicted molar refractivity (Wildman–Crippen MR) is 67.2 cm³/mol. The second-order valence-electron chi connectivity index (χ2n) is 3.39. The molecule has 0 spiro atoms. The molecular formula is C15H15V3W-3. The smallest absolute Gasteiger partial charge is 0 e. The van der Waals surface area contributed by atoms with Crippen LogP contribution in [0.3, 0.4) is 0 Å². The Balaban J connectivity index is -0.000000225. The minimum Gasteiger partial charge on any atom is -0.358 e. The molecule has 2 aromatic rings. The van der Waals surface area contributed by atoms with Crippen molar-refractivity contribution in [3.8, 4) is 11.1 Å². The van der Waals surface area contributed by atoms with E-state index >= 15 is 0 Å². The average molecular weight is 532 g/mol. The summed E-state index contributed by atoms with van der Waals surface area (Å²) in [7, 11) is 0. The standard InChI is InChI=1S/C14H12.CH3.3V.W/c1-11-3-7-13(8-4-11)14-9-5-12(2)6-10-14;;;;;/h3-10H,1-2H2;1H3;;;;/q-2;-1;;;;. The number of hydrogen-bond acceptors (Lipinski definition) is 0. The van der Waals surface area contributed by atoms with Gasteiger partial charge in [-0.25, -0.2) is 0 Å². The maximum atomic E-state index is 3.86. The van der Waals surface area contributed by atoms with E-state index in [1.807, 2.05) is 24.3 Å². The molecule has 0 atom stereocenters. The Morgan fingerprint density at radius 2 is 0.737 bits per heavy atom. The minimum atomic E-state index is 0. The summed E-state index contributed by atoms with van der Waals surface area (Å²) < 4.78 is 0. The predicted octanol–water partition coefficient (Wildman–Crippen LogP) is 4.16. The van der Waals surface area contributed by atoms with E-state index in [0.29, 0.717) is 0 Å². The molecule has 0 nitrogen and oxygen atoms in total. The molecule has 19 heavy (non-hydrogen) atoms. The summed E-state index contributed by atoms with van der Waals surface area (Å²) in [5.74, 6) is 0. The summed E-state index contributed by atoms with van der Waals surface area (Å²) in [5, 5.41) is 0. The van der Waals surface area contributed by atoms with Gasteiger partial charge in [-0.05, 0) is 11.1 Å². The van der Waals surface area contributed by atoms with E-state index in [0.717, 1.165) is 11.1 Å². The van der Waals surface area contributed by atoms with Crippen LogP contribution in [0.15, 0.2) is 48.5 Å². The molecule has 4 heteroatoms. The third kappa shape index (κ3) is 8.49. The van der Waals surface area contributed by atoms with Crippen LogP contribution in [-0.2, 0) is 76.7 Å². The van der Waals surface area contributed by atoms with E-state index in [2.05, 4.69) is 38.1 Å². The molecule has 0 bridgehead atoms. The van der Waals surface area contributed by atoms with E-state index in [9.17, 15) is 0 Å². The van der Waals surface area contributed by atoms with Gasteiger partial charge in [-0.1, -0.05) is 0 Å². The van der Waals surface area contributed by atoms with Gasteiger partial charge in [-0.2, -0.15) is 49.2 Å². The summed E-state index contributed by atoms with van der Waals surface area (Å²) in [6, 6.07) is 16.4. The molecular weight excluding hydrogens is 517 g/mol. The maximum absolute atomic E-state index is 3.86. The maximum Gasteiger partial charge on any atom is 0 e. The molecule has 0 fully saturated rings. The molecule has 2 aromatic carbocycles. The van der Waals surface area contributed by atoms with Crippen molar-refractivity contribution in [2.24, 2.45) is 0 Å². The third-order valence-electron chi connectivity index (χ3n) is 2.24. The van der Waals surface area contributed by atoms with Gasteiger partial charge in [0.25, 0.3) is 0 Å². The fourth-order valence-electron chi connectivity index (χ4n) is 1.39. The van der Waals surface area contributed by atoms with Crippen molar-refractivity contribution in [1.29, 1.82) is 0 Å². The summed E-state index contributed by atoms with van der Waals surface area (Å²) in [5.41, 5.74) is 4.53. The Morgan fingerprint density at radius 3 is 0.947 bits per heavy atom. The van der Waals surface area contributed by atoms with Crippen LogP contribution in [0.5, 0.6) is 0 Å². The largest absolute Gasteiger partial charge is 0.358 e. The van der Waals surface area contributed by atoms with Gasteiger partial charge < -0.3 is 7.43 Å². The van der Waals surface area contributed by atoms with Gasteiger partial charge in [0.05, 0.1) is 0 Å². The molecule has 0 N–H and O–H groups in total. The molecule has 0 heterocycles. The van der Waals surface area contributed by atoms with E-state index in [1.54, 1.807) is 0 Å². The molecule has 0 saturated heterocycles. The van der Waals surface area contributed by atoms with Crippen LogP contribution in [0, 0.1) is 21.3 Å². The molecule has 0 aliphatic heterocycles. The zero-order valence-corrected chi connectivity index (χ0v) is 17.9. The quantitative estimate of drug-likeness (QED) is 0.485. The van der Waals surface area contributed by atoms with Crippen molar-refractivity contribution >= 4 is 0 Å². The van der Waals surface area contributed by atoms with Gasteiger partial charge in [0.2, 0.25) is 0 Å². The second-order valence-corrected chi connectivity index (χ2v) is 3.39. The van der Waals surface area contributed by atoms with Gasteiger partial charge in [-0.3, -0.25) is 0 Å². The van der Waals surface area contributed by atoms with E-state index in [4.69, 9.17) is 0 Å². The zero-order valence-electron chi connectivity index (χ0n) is 10.8. The van der Waals surface area contributed by atoms with Gasteiger partial charge in [0, 0.05) is 76.7 Å². The zero-order chi connectivity index (χ0) is 9.97. The van der Waals surface area contributed by atoms with Gasteiger partial charge in [-0.15, -0.1) is 24.3 Å². The number of hydrogen-bond donors (Lipinski definition) is 0. The first-order valence-electron chi connectivity index (χ1n) is 4.60. The van der Waals surface area contributed by atoms with Crippen molar-refractivity contribution in [2.45, 2.75) is 0 Å². The third-order valence-corrected chi connectivity index (χ3v) is 2.24. The fraction of sp³-hybridized carbons (Fsp3) is 0. The van der Waals surface area contributed by atoms with Crippen molar-refractivity contribution in [3.05, 3.63) is 80.9 Å². The molecule has 0 amide bonds. The normalized spacial score (nSPS) is 7.37. The SMILES string of the molecule is [CH2-]c1ccc(-c2ccc([CH2-])cc2)cc1.[CH3-].[V].[V].[V].[W]. The average Bonchev–Trinajstić information content (AvgIpc) is 2.21. The summed E-state index contributed by atoms with van der Waals surface area (Å²) in [6.45, 7) is 7.72. The number of rotatable bonds is 1. The fourth-order valence-corrected chi connectivity index (χ4v) is 1.39. The first-order valence-corrected chi connectivity index (χ1v) is 4.60. The first-order chi connectivity index (χ1) is 6.75. The van der Waals surface area contributed by atoms with Crippen molar-refractivity contribution in [1.82, 2.24) is 0 Å². The van der Waals surface area contributed by atoms with E-state index in [1.165, 1.54) is 11.1 Å². The van der Waals surface area contributed by atoms with Gasteiger partial charge >= 0.3 is 0 Å². The van der Waals surface area contributed by atoms with Crippen molar-refractivity contribution in [3.63, 3.8) is 0 Å². The van der Waals surface area contributed by atoms with Gasteiger partial charge in [0.15, 0.2) is 0 Å². The van der Waals surface area contributed by atoms with Crippen LogP contribution < -0.4 is 0 Å². The Morgan fingerprint density at radius 1 is 0.526 bits per heavy atom. The Bertz CT molecular complexity index is 381. The van der Waals surface area contributed by atoms with Crippen LogP contribution in [0.2, 0.25) is 0 Å². The Labute approximate surface area is 167 Å².